The van der Waals surface area contributed by atoms with E-state index in [4.69, 9.17) is 5.73 Å². The molecule has 0 unspecified atom stereocenters. The first-order valence-corrected chi connectivity index (χ1v) is 4.41. The van der Waals surface area contributed by atoms with Crippen molar-refractivity contribution >= 4 is 0 Å². The Kier molecular flexibility index (Phi) is 3.29. The molecule has 0 fully saturated rings. The lowest BCUT2D eigenvalue weighted by Gasteiger charge is -2.12. The fraction of sp³-hybridized carbons (Fsp3) is 0.667. The van der Waals surface area contributed by atoms with E-state index in [-0.39, 0.29) is 6.04 Å². The van der Waals surface area contributed by atoms with Crippen LogP contribution in [0.5, 0.6) is 0 Å². The van der Waals surface area contributed by atoms with Gasteiger partial charge in [-0.1, -0.05) is 13.8 Å². The van der Waals surface area contributed by atoms with Gasteiger partial charge >= 0.3 is 0 Å². The van der Waals surface area contributed by atoms with Gasteiger partial charge in [0.05, 0.1) is 6.33 Å². The molecule has 1 rings (SSSR count). The van der Waals surface area contributed by atoms with Crippen LogP contribution in [0.4, 0.5) is 0 Å². The molecule has 0 aliphatic rings. The first-order valence-electron chi connectivity index (χ1n) is 4.41. The maximum Gasteiger partial charge on any atom is 0.0921 e. The zero-order chi connectivity index (χ0) is 8.97. The molecule has 0 bridgehead atoms. The van der Waals surface area contributed by atoms with Crippen LogP contribution in [0.25, 0.3) is 0 Å². The zero-order valence-electron chi connectivity index (χ0n) is 7.75. The highest BCUT2D eigenvalue weighted by Gasteiger charge is 2.06. The highest BCUT2D eigenvalue weighted by Crippen LogP contribution is 2.06. The van der Waals surface area contributed by atoms with E-state index in [1.54, 1.807) is 6.33 Å². The fourth-order valence-corrected chi connectivity index (χ4v) is 1.37. The van der Waals surface area contributed by atoms with E-state index < -0.39 is 0 Å². The van der Waals surface area contributed by atoms with Gasteiger partial charge in [-0.15, -0.1) is 0 Å². The number of nitrogens with one attached hydrogen (secondary N) is 1. The van der Waals surface area contributed by atoms with Gasteiger partial charge in [0.25, 0.3) is 0 Å². The van der Waals surface area contributed by atoms with Crippen LogP contribution in [0.3, 0.4) is 0 Å². The van der Waals surface area contributed by atoms with E-state index in [0.29, 0.717) is 5.92 Å². The first kappa shape index (κ1) is 9.26. The summed E-state index contributed by atoms with van der Waals surface area (Å²) in [6.45, 7) is 4.37. The monoisotopic (exact) mass is 167 g/mol. The molecular formula is C9H17N3. The summed E-state index contributed by atoms with van der Waals surface area (Å²) in [5.74, 6) is 0.669. The van der Waals surface area contributed by atoms with Crippen molar-refractivity contribution in [2.24, 2.45) is 11.7 Å². The molecule has 0 aliphatic carbocycles. The van der Waals surface area contributed by atoms with Crippen LogP contribution in [0.15, 0.2) is 12.5 Å². The Morgan fingerprint density at radius 3 is 2.83 bits per heavy atom. The van der Waals surface area contributed by atoms with E-state index in [0.717, 1.165) is 18.5 Å². The first-order chi connectivity index (χ1) is 5.68. The molecule has 0 aliphatic heterocycles. The average Bonchev–Trinajstić information content (AvgIpc) is 2.37. The smallest absolute Gasteiger partial charge is 0.0921 e. The number of aromatic nitrogens is 2. The molecule has 0 spiro atoms. The SMILES string of the molecule is CC(C)C[C@H](N)Cc1cnc[nH]1. The van der Waals surface area contributed by atoms with Crippen molar-refractivity contribution in [3.05, 3.63) is 18.2 Å². The minimum Gasteiger partial charge on any atom is -0.348 e. The summed E-state index contributed by atoms with van der Waals surface area (Å²) in [5, 5.41) is 0. The summed E-state index contributed by atoms with van der Waals surface area (Å²) < 4.78 is 0. The molecule has 1 atom stereocenters. The second-order valence-corrected chi connectivity index (χ2v) is 3.67. The molecule has 0 radical (unpaired) electrons. The van der Waals surface area contributed by atoms with Crippen LogP contribution in [0.2, 0.25) is 0 Å². The van der Waals surface area contributed by atoms with Crippen molar-refractivity contribution in [2.75, 3.05) is 0 Å². The van der Waals surface area contributed by atoms with Crippen LogP contribution < -0.4 is 5.73 Å². The summed E-state index contributed by atoms with van der Waals surface area (Å²) >= 11 is 0. The molecule has 1 heterocycles. The highest BCUT2D eigenvalue weighted by molar-refractivity contribution is 4.96. The third-order valence-corrected chi connectivity index (χ3v) is 1.81. The lowest BCUT2D eigenvalue weighted by molar-refractivity contribution is 0.491. The summed E-state index contributed by atoms with van der Waals surface area (Å²) in [6, 6.07) is 0.255. The standard InChI is InChI=1S/C9H17N3/c1-7(2)3-8(10)4-9-5-11-6-12-9/h5-8H,3-4,10H2,1-2H3,(H,11,12)/t8-/m0/s1. The maximum absolute atomic E-state index is 5.92. The molecule has 0 saturated heterocycles. The van der Waals surface area contributed by atoms with Crippen molar-refractivity contribution in [1.82, 2.24) is 9.97 Å². The third kappa shape index (κ3) is 3.05. The van der Waals surface area contributed by atoms with Crippen LogP contribution in [0.1, 0.15) is 26.0 Å². The van der Waals surface area contributed by atoms with E-state index in [9.17, 15) is 0 Å². The molecule has 0 amide bonds. The molecule has 0 aromatic carbocycles. The van der Waals surface area contributed by atoms with Crippen LogP contribution in [-0.4, -0.2) is 16.0 Å². The summed E-state index contributed by atoms with van der Waals surface area (Å²) in [6.07, 6.45) is 5.49. The number of rotatable bonds is 4. The largest absolute Gasteiger partial charge is 0.348 e. The summed E-state index contributed by atoms with van der Waals surface area (Å²) in [4.78, 5) is 6.99. The predicted octanol–water partition coefficient (Wildman–Crippen LogP) is 1.33. The lowest BCUT2D eigenvalue weighted by Crippen LogP contribution is -2.24. The lowest BCUT2D eigenvalue weighted by atomic mass is 10.0. The van der Waals surface area contributed by atoms with E-state index in [1.807, 2.05) is 6.20 Å². The van der Waals surface area contributed by atoms with Gasteiger partial charge in [-0.3, -0.25) is 0 Å². The van der Waals surface area contributed by atoms with Gasteiger partial charge in [-0.2, -0.15) is 0 Å². The molecular weight excluding hydrogens is 150 g/mol. The number of imidazole rings is 1. The predicted molar refractivity (Wildman–Crippen MR) is 49.7 cm³/mol. The van der Waals surface area contributed by atoms with Gasteiger partial charge < -0.3 is 10.7 Å². The van der Waals surface area contributed by atoms with Gasteiger partial charge in [0, 0.05) is 24.4 Å². The molecule has 3 heteroatoms. The molecule has 68 valence electrons. The van der Waals surface area contributed by atoms with Crippen molar-refractivity contribution in [2.45, 2.75) is 32.7 Å². The van der Waals surface area contributed by atoms with Gasteiger partial charge in [-0.25, -0.2) is 4.98 Å². The fourth-order valence-electron chi connectivity index (χ4n) is 1.37. The van der Waals surface area contributed by atoms with E-state index in [2.05, 4.69) is 23.8 Å². The molecule has 3 N–H and O–H groups in total. The molecule has 12 heavy (non-hydrogen) atoms. The molecule has 3 nitrogen and oxygen atoms in total. The van der Waals surface area contributed by atoms with Gasteiger partial charge in [-0.05, 0) is 12.3 Å². The van der Waals surface area contributed by atoms with Crippen molar-refractivity contribution in [3.8, 4) is 0 Å². The Hall–Kier alpha value is -0.830. The van der Waals surface area contributed by atoms with Crippen molar-refractivity contribution in [1.29, 1.82) is 0 Å². The van der Waals surface area contributed by atoms with E-state index >= 15 is 0 Å². The number of H-pyrrole nitrogens is 1. The minimum absolute atomic E-state index is 0.255. The van der Waals surface area contributed by atoms with Gasteiger partial charge in [0.15, 0.2) is 0 Å². The van der Waals surface area contributed by atoms with Gasteiger partial charge in [0.2, 0.25) is 0 Å². The Balaban J connectivity index is 2.32. The number of hydrogen-bond acceptors (Lipinski definition) is 2. The Morgan fingerprint density at radius 1 is 1.58 bits per heavy atom. The second kappa shape index (κ2) is 4.26. The van der Waals surface area contributed by atoms with Crippen LogP contribution >= 0.6 is 0 Å². The Labute approximate surface area is 73.4 Å². The van der Waals surface area contributed by atoms with Crippen molar-refractivity contribution < 1.29 is 0 Å². The van der Waals surface area contributed by atoms with Crippen LogP contribution in [0, 0.1) is 5.92 Å². The minimum atomic E-state index is 0.255. The third-order valence-electron chi connectivity index (χ3n) is 1.81. The number of nitrogens with two attached hydrogens (primary N) is 1. The molecule has 1 aromatic heterocycles. The zero-order valence-corrected chi connectivity index (χ0v) is 7.75. The van der Waals surface area contributed by atoms with Crippen LogP contribution in [-0.2, 0) is 6.42 Å². The second-order valence-electron chi connectivity index (χ2n) is 3.67. The maximum atomic E-state index is 5.92. The quantitative estimate of drug-likeness (QED) is 0.710. The van der Waals surface area contributed by atoms with Gasteiger partial charge in [0.1, 0.15) is 0 Å². The Morgan fingerprint density at radius 2 is 2.33 bits per heavy atom. The topological polar surface area (TPSA) is 54.7 Å². The Bertz CT molecular complexity index is 204. The highest BCUT2D eigenvalue weighted by atomic mass is 14.9. The molecule has 1 aromatic rings. The average molecular weight is 167 g/mol. The number of nitrogens with zero attached hydrogens (tertiary/aromatic N) is 1. The summed E-state index contributed by atoms with van der Waals surface area (Å²) in [5.41, 5.74) is 7.05. The van der Waals surface area contributed by atoms with E-state index in [1.165, 1.54) is 0 Å². The molecule has 0 saturated carbocycles. The normalized spacial score (nSPS) is 13.7. The van der Waals surface area contributed by atoms with Crippen molar-refractivity contribution in [3.63, 3.8) is 0 Å². The number of hydrogen-bond donors (Lipinski definition) is 2. The summed E-state index contributed by atoms with van der Waals surface area (Å²) in [7, 11) is 0. The number of aromatic amines is 1.